The van der Waals surface area contributed by atoms with Crippen LogP contribution in [0.5, 0.6) is 5.75 Å². The van der Waals surface area contributed by atoms with Crippen LogP contribution in [-0.2, 0) is 16.9 Å². The Morgan fingerprint density at radius 3 is 2.48 bits per heavy atom. The standard InChI is InChI=1S/C19H21BrF2O3/c1-4-24-11-13-8-15(10-16(20)9-13)19(3,23)14-5-6-17(12(2)7-14)25-18(21)22/h5-10,18,23H,4,11H2,1-3H3. The lowest BCUT2D eigenvalue weighted by molar-refractivity contribution is -0.0503. The van der Waals surface area contributed by atoms with Crippen molar-refractivity contribution >= 4 is 15.9 Å². The number of benzene rings is 2. The zero-order chi connectivity index (χ0) is 18.6. The molecular weight excluding hydrogens is 394 g/mol. The smallest absolute Gasteiger partial charge is 0.387 e. The van der Waals surface area contributed by atoms with Crippen LogP contribution < -0.4 is 4.74 Å². The van der Waals surface area contributed by atoms with Gasteiger partial charge in [0.25, 0.3) is 0 Å². The fourth-order valence-electron chi connectivity index (χ4n) is 2.58. The van der Waals surface area contributed by atoms with E-state index in [4.69, 9.17) is 4.74 Å². The summed E-state index contributed by atoms with van der Waals surface area (Å²) in [5.74, 6) is 0.0980. The predicted molar refractivity (Wildman–Crippen MR) is 96.0 cm³/mol. The molecular formula is C19H21BrF2O3. The van der Waals surface area contributed by atoms with Crippen LogP contribution in [0.15, 0.2) is 40.9 Å². The van der Waals surface area contributed by atoms with E-state index in [1.807, 2.05) is 25.1 Å². The predicted octanol–water partition coefficient (Wildman–Crippen LogP) is 5.15. The van der Waals surface area contributed by atoms with Gasteiger partial charge in [0.1, 0.15) is 11.4 Å². The van der Waals surface area contributed by atoms with Gasteiger partial charge in [-0.2, -0.15) is 8.78 Å². The second kappa shape index (κ2) is 8.25. The Hall–Kier alpha value is -1.50. The Kier molecular flexibility index (Phi) is 6.54. The Balaban J connectivity index is 2.37. The van der Waals surface area contributed by atoms with E-state index in [1.54, 1.807) is 26.0 Å². The highest BCUT2D eigenvalue weighted by Crippen LogP contribution is 2.34. The van der Waals surface area contributed by atoms with Gasteiger partial charge in [-0.3, -0.25) is 0 Å². The zero-order valence-corrected chi connectivity index (χ0v) is 15.9. The molecule has 0 aromatic heterocycles. The van der Waals surface area contributed by atoms with E-state index in [9.17, 15) is 13.9 Å². The Morgan fingerprint density at radius 1 is 1.16 bits per heavy atom. The molecule has 0 bridgehead atoms. The quantitative estimate of drug-likeness (QED) is 0.680. The number of aryl methyl sites for hydroxylation is 1. The molecule has 0 heterocycles. The molecule has 2 rings (SSSR count). The van der Waals surface area contributed by atoms with E-state index in [0.29, 0.717) is 29.9 Å². The van der Waals surface area contributed by atoms with Crippen LogP contribution in [0.4, 0.5) is 8.78 Å². The summed E-state index contributed by atoms with van der Waals surface area (Å²) in [6, 6.07) is 10.3. The van der Waals surface area contributed by atoms with Gasteiger partial charge in [-0.15, -0.1) is 0 Å². The second-order valence-corrected chi connectivity index (χ2v) is 6.83. The highest BCUT2D eigenvalue weighted by molar-refractivity contribution is 9.10. The zero-order valence-electron chi connectivity index (χ0n) is 14.4. The van der Waals surface area contributed by atoms with Crippen molar-refractivity contribution in [2.24, 2.45) is 0 Å². The van der Waals surface area contributed by atoms with Gasteiger partial charge in [0, 0.05) is 11.1 Å². The molecule has 2 aromatic rings. The van der Waals surface area contributed by atoms with E-state index < -0.39 is 12.2 Å². The van der Waals surface area contributed by atoms with Gasteiger partial charge in [0.2, 0.25) is 0 Å². The molecule has 0 saturated carbocycles. The molecule has 0 fully saturated rings. The first-order chi connectivity index (χ1) is 11.7. The van der Waals surface area contributed by atoms with Crippen molar-refractivity contribution in [2.75, 3.05) is 6.61 Å². The molecule has 25 heavy (non-hydrogen) atoms. The highest BCUT2D eigenvalue weighted by Gasteiger charge is 2.27. The number of rotatable bonds is 7. The third kappa shape index (κ3) is 5.00. The van der Waals surface area contributed by atoms with Gasteiger partial charge in [0.05, 0.1) is 6.61 Å². The molecule has 3 nitrogen and oxygen atoms in total. The van der Waals surface area contributed by atoms with Gasteiger partial charge in [-0.25, -0.2) is 0 Å². The molecule has 0 saturated heterocycles. The van der Waals surface area contributed by atoms with Crippen LogP contribution in [0.25, 0.3) is 0 Å². The summed E-state index contributed by atoms with van der Waals surface area (Å²) in [6.07, 6.45) is 0. The van der Waals surface area contributed by atoms with Crippen molar-refractivity contribution in [1.29, 1.82) is 0 Å². The van der Waals surface area contributed by atoms with E-state index in [1.165, 1.54) is 6.07 Å². The van der Waals surface area contributed by atoms with Crippen LogP contribution in [0, 0.1) is 6.92 Å². The maximum Gasteiger partial charge on any atom is 0.387 e. The summed E-state index contributed by atoms with van der Waals surface area (Å²) < 4.78 is 35.5. The lowest BCUT2D eigenvalue weighted by atomic mass is 9.86. The third-order valence-electron chi connectivity index (χ3n) is 3.95. The average molecular weight is 415 g/mol. The lowest BCUT2D eigenvalue weighted by Crippen LogP contribution is -2.23. The number of aliphatic hydroxyl groups is 1. The number of halogens is 3. The van der Waals surface area contributed by atoms with Crippen molar-refractivity contribution in [3.8, 4) is 5.75 Å². The largest absolute Gasteiger partial charge is 0.435 e. The molecule has 0 aliphatic rings. The molecule has 0 aliphatic carbocycles. The van der Waals surface area contributed by atoms with Crippen molar-refractivity contribution in [3.63, 3.8) is 0 Å². The van der Waals surface area contributed by atoms with Crippen molar-refractivity contribution in [3.05, 3.63) is 63.1 Å². The summed E-state index contributed by atoms with van der Waals surface area (Å²) >= 11 is 3.45. The molecule has 0 spiro atoms. The Bertz CT molecular complexity index is 733. The van der Waals surface area contributed by atoms with E-state index in [0.717, 1.165) is 10.0 Å². The molecule has 1 N–H and O–H groups in total. The Morgan fingerprint density at radius 2 is 1.88 bits per heavy atom. The van der Waals surface area contributed by atoms with Crippen molar-refractivity contribution in [2.45, 2.75) is 39.6 Å². The molecule has 2 aromatic carbocycles. The minimum atomic E-state index is -2.88. The first kappa shape index (κ1) is 19.8. The Labute approximate surface area is 154 Å². The number of alkyl halides is 2. The third-order valence-corrected chi connectivity index (χ3v) is 4.40. The van der Waals surface area contributed by atoms with Crippen LogP contribution in [0.2, 0.25) is 0 Å². The lowest BCUT2D eigenvalue weighted by Gasteiger charge is -2.26. The maximum atomic E-state index is 12.4. The molecule has 6 heteroatoms. The molecule has 0 amide bonds. The first-order valence-corrected chi connectivity index (χ1v) is 8.69. The molecule has 136 valence electrons. The van der Waals surface area contributed by atoms with E-state index in [-0.39, 0.29) is 5.75 Å². The number of ether oxygens (including phenoxy) is 2. The maximum absolute atomic E-state index is 12.4. The summed E-state index contributed by atoms with van der Waals surface area (Å²) in [7, 11) is 0. The van der Waals surface area contributed by atoms with Crippen molar-refractivity contribution < 1.29 is 23.4 Å². The van der Waals surface area contributed by atoms with Gasteiger partial charge < -0.3 is 14.6 Å². The van der Waals surface area contributed by atoms with Crippen LogP contribution in [0.3, 0.4) is 0 Å². The molecule has 1 atom stereocenters. The van der Waals surface area contributed by atoms with E-state index in [2.05, 4.69) is 20.7 Å². The second-order valence-electron chi connectivity index (χ2n) is 5.92. The minimum Gasteiger partial charge on any atom is -0.435 e. The highest BCUT2D eigenvalue weighted by atomic mass is 79.9. The van der Waals surface area contributed by atoms with Crippen LogP contribution in [-0.4, -0.2) is 18.3 Å². The monoisotopic (exact) mass is 414 g/mol. The van der Waals surface area contributed by atoms with Gasteiger partial charge in [-0.05, 0) is 67.3 Å². The first-order valence-electron chi connectivity index (χ1n) is 7.90. The topological polar surface area (TPSA) is 38.7 Å². The summed E-state index contributed by atoms with van der Waals surface area (Å²) in [6.45, 7) is 3.42. The molecule has 0 aliphatic heterocycles. The van der Waals surface area contributed by atoms with Crippen LogP contribution >= 0.6 is 15.9 Å². The van der Waals surface area contributed by atoms with Gasteiger partial charge in [0.15, 0.2) is 0 Å². The fraction of sp³-hybridized carbons (Fsp3) is 0.368. The summed E-state index contributed by atoms with van der Waals surface area (Å²) in [5, 5.41) is 11.1. The summed E-state index contributed by atoms with van der Waals surface area (Å²) in [4.78, 5) is 0. The summed E-state index contributed by atoms with van der Waals surface area (Å²) in [5.41, 5.74) is 1.44. The number of hydrogen-bond donors (Lipinski definition) is 1. The molecule has 0 radical (unpaired) electrons. The fourth-order valence-corrected chi connectivity index (χ4v) is 3.12. The molecule has 1 unspecified atom stereocenters. The van der Waals surface area contributed by atoms with Crippen LogP contribution in [0.1, 0.15) is 36.1 Å². The minimum absolute atomic E-state index is 0.0980. The van der Waals surface area contributed by atoms with Gasteiger partial charge in [-0.1, -0.05) is 28.1 Å². The van der Waals surface area contributed by atoms with Crippen molar-refractivity contribution in [1.82, 2.24) is 0 Å². The normalized spacial score (nSPS) is 13.8. The average Bonchev–Trinajstić information content (AvgIpc) is 2.53. The number of hydrogen-bond acceptors (Lipinski definition) is 3. The van der Waals surface area contributed by atoms with E-state index >= 15 is 0 Å². The van der Waals surface area contributed by atoms with Gasteiger partial charge >= 0.3 is 6.61 Å². The SMILES string of the molecule is CCOCc1cc(Br)cc(C(C)(O)c2ccc(OC(F)F)c(C)c2)c1.